The van der Waals surface area contributed by atoms with Crippen LogP contribution in [0.3, 0.4) is 0 Å². The van der Waals surface area contributed by atoms with Crippen molar-refractivity contribution in [2.75, 3.05) is 0 Å². The Labute approximate surface area is 152 Å². The summed E-state index contributed by atoms with van der Waals surface area (Å²) in [5, 5.41) is 8.53. The Hall–Kier alpha value is -1.89. The zero-order valence-electron chi connectivity index (χ0n) is 15.5. The van der Waals surface area contributed by atoms with Crippen molar-refractivity contribution in [3.05, 3.63) is 30.1 Å². The van der Waals surface area contributed by atoms with Gasteiger partial charge in [-0.05, 0) is 46.8 Å². The average Bonchev–Trinajstić information content (AvgIpc) is 2.88. The number of benzene rings is 1. The lowest BCUT2D eigenvalue weighted by atomic mass is 10.2. The van der Waals surface area contributed by atoms with E-state index in [9.17, 15) is 9.18 Å². The molecule has 1 aromatic heterocycles. The zero-order chi connectivity index (χ0) is 18.7. The summed E-state index contributed by atoms with van der Waals surface area (Å²) < 4.78 is 15.7. The molecule has 1 atom stereocenters. The van der Waals surface area contributed by atoms with E-state index in [1.807, 2.05) is 39.5 Å². The van der Waals surface area contributed by atoms with Crippen molar-refractivity contribution in [1.29, 1.82) is 0 Å². The molecule has 0 aliphatic carbocycles. The lowest BCUT2D eigenvalue weighted by molar-refractivity contribution is -0.133. The summed E-state index contributed by atoms with van der Waals surface area (Å²) in [5.41, 5.74) is 0.398. The topological polar surface area (TPSA) is 51.0 Å². The molecule has 5 nitrogen and oxygen atoms in total. The predicted octanol–water partition coefficient (Wildman–Crippen LogP) is 3.75. The molecule has 2 aromatic rings. The summed E-state index contributed by atoms with van der Waals surface area (Å²) in [4.78, 5) is 14.6. The monoisotopic (exact) mass is 364 g/mol. The molecule has 0 saturated heterocycles. The fourth-order valence-corrected chi connectivity index (χ4v) is 3.69. The van der Waals surface area contributed by atoms with Crippen LogP contribution in [-0.2, 0) is 11.8 Å². The highest BCUT2D eigenvalue weighted by Gasteiger charge is 2.27. The van der Waals surface area contributed by atoms with Gasteiger partial charge in [-0.1, -0.05) is 23.9 Å². The first-order valence-electron chi connectivity index (χ1n) is 8.37. The number of rotatable bonds is 6. The molecule has 0 spiro atoms. The Kier molecular flexibility index (Phi) is 6.21. The summed E-state index contributed by atoms with van der Waals surface area (Å²) in [6.45, 7) is 9.89. The second-order valence-corrected chi connectivity index (χ2v) is 7.85. The molecule has 25 heavy (non-hydrogen) atoms. The number of hydrogen-bond acceptors (Lipinski definition) is 4. The molecule has 1 aromatic carbocycles. The van der Waals surface area contributed by atoms with Gasteiger partial charge in [-0.15, -0.1) is 10.2 Å². The van der Waals surface area contributed by atoms with Gasteiger partial charge in [-0.25, -0.2) is 4.39 Å². The van der Waals surface area contributed by atoms with Crippen LogP contribution in [0.1, 0.15) is 34.6 Å². The van der Waals surface area contributed by atoms with Crippen LogP contribution in [0.2, 0.25) is 0 Å². The quantitative estimate of drug-likeness (QED) is 0.733. The van der Waals surface area contributed by atoms with Gasteiger partial charge in [-0.2, -0.15) is 0 Å². The number of aromatic nitrogens is 3. The van der Waals surface area contributed by atoms with Crippen LogP contribution >= 0.6 is 11.8 Å². The van der Waals surface area contributed by atoms with E-state index < -0.39 is 0 Å². The Morgan fingerprint density at radius 1 is 1.12 bits per heavy atom. The smallest absolute Gasteiger partial charge is 0.236 e. The highest BCUT2D eigenvalue weighted by Crippen LogP contribution is 2.28. The summed E-state index contributed by atoms with van der Waals surface area (Å²) in [6.07, 6.45) is 0. The molecule has 0 unspecified atom stereocenters. The largest absolute Gasteiger partial charge is 0.337 e. The second-order valence-electron chi connectivity index (χ2n) is 6.54. The van der Waals surface area contributed by atoms with E-state index in [0.29, 0.717) is 16.5 Å². The van der Waals surface area contributed by atoms with Crippen molar-refractivity contribution < 1.29 is 9.18 Å². The highest BCUT2D eigenvalue weighted by molar-refractivity contribution is 8.00. The van der Waals surface area contributed by atoms with Crippen molar-refractivity contribution in [3.8, 4) is 11.4 Å². The summed E-state index contributed by atoms with van der Waals surface area (Å²) >= 11 is 1.34. The van der Waals surface area contributed by atoms with Gasteiger partial charge in [0.2, 0.25) is 5.91 Å². The van der Waals surface area contributed by atoms with E-state index in [1.165, 1.54) is 17.8 Å². The second kappa shape index (κ2) is 7.99. The molecule has 0 radical (unpaired) electrons. The highest BCUT2D eigenvalue weighted by atomic mass is 32.2. The maximum atomic E-state index is 14.0. The molecule has 7 heteroatoms. The van der Waals surface area contributed by atoms with Gasteiger partial charge in [0, 0.05) is 19.1 Å². The maximum Gasteiger partial charge on any atom is 0.236 e. The fourth-order valence-electron chi connectivity index (χ4n) is 2.82. The minimum atomic E-state index is -0.343. The predicted molar refractivity (Wildman–Crippen MR) is 98.8 cm³/mol. The van der Waals surface area contributed by atoms with Crippen molar-refractivity contribution in [1.82, 2.24) is 19.7 Å². The van der Waals surface area contributed by atoms with Gasteiger partial charge in [0.15, 0.2) is 11.0 Å². The third kappa shape index (κ3) is 4.21. The number of hydrogen-bond donors (Lipinski definition) is 0. The van der Waals surface area contributed by atoms with Crippen LogP contribution in [0.15, 0.2) is 29.4 Å². The molecular formula is C18H25FN4OS. The molecule has 0 saturated carbocycles. The number of nitrogens with zero attached hydrogens (tertiary/aromatic N) is 4. The van der Waals surface area contributed by atoms with Gasteiger partial charge >= 0.3 is 0 Å². The Bertz CT molecular complexity index is 736. The first-order chi connectivity index (χ1) is 11.7. The van der Waals surface area contributed by atoms with Crippen molar-refractivity contribution in [3.63, 3.8) is 0 Å². The van der Waals surface area contributed by atoms with Crippen LogP contribution < -0.4 is 0 Å². The first kappa shape index (κ1) is 19.4. The molecular weight excluding hydrogens is 339 g/mol. The SMILES string of the molecule is CC(C)N(C(=O)[C@H](C)Sc1nnc(-c2ccccc2F)n1C)C(C)C. The van der Waals surface area contributed by atoms with Crippen LogP contribution in [0.25, 0.3) is 11.4 Å². The van der Waals surface area contributed by atoms with Crippen molar-refractivity contribution in [2.24, 2.45) is 7.05 Å². The molecule has 136 valence electrons. The molecule has 2 rings (SSSR count). The molecule has 0 aliphatic rings. The van der Waals surface area contributed by atoms with E-state index in [0.717, 1.165) is 0 Å². The third-order valence-electron chi connectivity index (χ3n) is 3.95. The Morgan fingerprint density at radius 2 is 1.72 bits per heavy atom. The standard InChI is InChI=1S/C18H25FN4OS/c1-11(2)23(12(3)4)17(24)13(5)25-18-21-20-16(22(18)6)14-9-7-8-10-15(14)19/h7-13H,1-6H3/t13-/m0/s1. The average molecular weight is 364 g/mol. The van der Waals surface area contributed by atoms with Crippen LogP contribution in [0.4, 0.5) is 4.39 Å². The van der Waals surface area contributed by atoms with Crippen LogP contribution in [0, 0.1) is 5.82 Å². The van der Waals surface area contributed by atoms with E-state index in [4.69, 9.17) is 0 Å². The minimum Gasteiger partial charge on any atom is -0.337 e. The van der Waals surface area contributed by atoms with Crippen molar-refractivity contribution >= 4 is 17.7 Å². The molecule has 1 heterocycles. The lowest BCUT2D eigenvalue weighted by Gasteiger charge is -2.32. The van der Waals surface area contributed by atoms with Gasteiger partial charge in [0.25, 0.3) is 0 Å². The fraction of sp³-hybridized carbons (Fsp3) is 0.500. The lowest BCUT2D eigenvalue weighted by Crippen LogP contribution is -2.45. The van der Waals surface area contributed by atoms with E-state index in [-0.39, 0.29) is 29.1 Å². The van der Waals surface area contributed by atoms with Crippen molar-refractivity contribution in [2.45, 2.75) is 57.1 Å². The Morgan fingerprint density at radius 3 is 2.28 bits per heavy atom. The third-order valence-corrected chi connectivity index (χ3v) is 5.07. The van der Waals surface area contributed by atoms with E-state index in [2.05, 4.69) is 10.2 Å². The number of carbonyl (C=O) groups is 1. The molecule has 0 bridgehead atoms. The maximum absolute atomic E-state index is 14.0. The Balaban J connectivity index is 2.21. The van der Waals surface area contributed by atoms with Gasteiger partial charge in [-0.3, -0.25) is 4.79 Å². The zero-order valence-corrected chi connectivity index (χ0v) is 16.3. The molecule has 0 N–H and O–H groups in total. The van der Waals surface area contributed by atoms with E-state index in [1.54, 1.807) is 29.8 Å². The summed E-state index contributed by atoms with van der Waals surface area (Å²) in [7, 11) is 1.78. The summed E-state index contributed by atoms with van der Waals surface area (Å²) in [6, 6.07) is 6.72. The number of halogens is 1. The van der Waals surface area contributed by atoms with Crippen LogP contribution in [-0.4, -0.2) is 42.9 Å². The first-order valence-corrected chi connectivity index (χ1v) is 9.25. The normalized spacial score (nSPS) is 12.7. The van der Waals surface area contributed by atoms with E-state index >= 15 is 0 Å². The molecule has 0 aliphatic heterocycles. The van der Waals surface area contributed by atoms with Gasteiger partial charge in [0.1, 0.15) is 5.82 Å². The number of thioether (sulfide) groups is 1. The van der Waals surface area contributed by atoms with Gasteiger partial charge in [0.05, 0.1) is 10.8 Å². The minimum absolute atomic E-state index is 0.0606. The number of amides is 1. The van der Waals surface area contributed by atoms with Crippen LogP contribution in [0.5, 0.6) is 0 Å². The molecule has 0 fully saturated rings. The number of carbonyl (C=O) groups excluding carboxylic acids is 1. The molecule has 1 amide bonds. The van der Waals surface area contributed by atoms with Gasteiger partial charge < -0.3 is 9.47 Å². The summed E-state index contributed by atoms with van der Waals surface area (Å²) in [5.74, 6) is 0.166.